The number of hydrogen-bond acceptors (Lipinski definition) is 7. The highest BCUT2D eigenvalue weighted by molar-refractivity contribution is 7.94. The molecular formula is C7H10N4O3S2. The molecule has 0 bridgehead atoms. The van der Waals surface area contributed by atoms with Crippen molar-refractivity contribution in [3.8, 4) is 0 Å². The Kier molecular flexibility index (Phi) is 2.21. The molecule has 1 aliphatic rings. The molecule has 0 unspecified atom stereocenters. The summed E-state index contributed by atoms with van der Waals surface area (Å²) in [6.45, 7) is 2.69. The fourth-order valence-electron chi connectivity index (χ4n) is 1.37. The van der Waals surface area contributed by atoms with Crippen LogP contribution in [0.15, 0.2) is 0 Å². The first-order valence-electron chi connectivity index (χ1n) is 4.41. The summed E-state index contributed by atoms with van der Waals surface area (Å²) >= 11 is 1.07. The van der Waals surface area contributed by atoms with Crippen LogP contribution in [-0.4, -0.2) is 33.6 Å². The van der Waals surface area contributed by atoms with E-state index in [9.17, 15) is 13.2 Å². The Morgan fingerprint density at radius 1 is 1.44 bits per heavy atom. The van der Waals surface area contributed by atoms with Gasteiger partial charge in [-0.15, -0.1) is 10.2 Å². The molecule has 0 spiro atoms. The maximum absolute atomic E-state index is 11.7. The SMILES string of the molecule is CC1(C)C(=O)N(Cc2nnc(N)s2)S1(=O)=O. The second kappa shape index (κ2) is 3.14. The van der Waals surface area contributed by atoms with E-state index in [1.165, 1.54) is 13.8 Å². The minimum absolute atomic E-state index is 0.0839. The quantitative estimate of drug-likeness (QED) is 0.775. The van der Waals surface area contributed by atoms with Crippen molar-refractivity contribution < 1.29 is 13.2 Å². The molecule has 2 N–H and O–H groups in total. The van der Waals surface area contributed by atoms with Crippen molar-refractivity contribution in [1.82, 2.24) is 14.5 Å². The van der Waals surface area contributed by atoms with Crippen LogP contribution < -0.4 is 5.73 Å². The molecule has 1 aliphatic heterocycles. The molecule has 1 amide bonds. The molecule has 0 saturated carbocycles. The standard InChI is InChI=1S/C7H10N4O3S2/c1-7(2)5(12)11(16(7,13)14)3-4-9-10-6(8)15-4/h3H2,1-2H3,(H2,8,10). The molecule has 1 aromatic rings. The Balaban J connectivity index is 2.23. The maximum atomic E-state index is 11.7. The Hall–Kier alpha value is -1.22. The number of aromatic nitrogens is 2. The monoisotopic (exact) mass is 262 g/mol. The van der Waals surface area contributed by atoms with Gasteiger partial charge in [0.2, 0.25) is 5.13 Å². The van der Waals surface area contributed by atoms with Gasteiger partial charge in [-0.3, -0.25) is 4.79 Å². The van der Waals surface area contributed by atoms with Crippen LogP contribution >= 0.6 is 11.3 Å². The summed E-state index contributed by atoms with van der Waals surface area (Å²) in [7, 11) is -3.56. The van der Waals surface area contributed by atoms with Crippen molar-refractivity contribution in [3.63, 3.8) is 0 Å². The Morgan fingerprint density at radius 2 is 2.06 bits per heavy atom. The summed E-state index contributed by atoms with van der Waals surface area (Å²) in [6.07, 6.45) is 0. The lowest BCUT2D eigenvalue weighted by atomic mass is 10.2. The number of amides is 1. The lowest BCUT2D eigenvalue weighted by Gasteiger charge is -2.42. The van der Waals surface area contributed by atoms with E-state index in [4.69, 9.17) is 5.73 Å². The van der Waals surface area contributed by atoms with Crippen molar-refractivity contribution in [2.45, 2.75) is 25.1 Å². The maximum Gasteiger partial charge on any atom is 0.259 e. The largest absolute Gasteiger partial charge is 0.374 e. The van der Waals surface area contributed by atoms with E-state index in [1.807, 2.05) is 0 Å². The summed E-state index contributed by atoms with van der Waals surface area (Å²) in [5.74, 6) is -0.429. The van der Waals surface area contributed by atoms with Crippen LogP contribution in [0.3, 0.4) is 0 Å². The minimum Gasteiger partial charge on any atom is -0.374 e. The Bertz CT molecular complexity index is 548. The van der Waals surface area contributed by atoms with Crippen LogP contribution in [0.25, 0.3) is 0 Å². The van der Waals surface area contributed by atoms with Crippen molar-refractivity contribution in [1.29, 1.82) is 0 Å². The van der Waals surface area contributed by atoms with Gasteiger partial charge in [0.1, 0.15) is 5.01 Å². The second-order valence-corrected chi connectivity index (χ2v) is 7.37. The third-order valence-corrected chi connectivity index (χ3v) is 5.51. The van der Waals surface area contributed by atoms with Crippen LogP contribution in [0.4, 0.5) is 5.13 Å². The third-order valence-electron chi connectivity index (χ3n) is 2.44. The number of hydrogen-bond donors (Lipinski definition) is 1. The van der Waals surface area contributed by atoms with E-state index in [1.54, 1.807) is 0 Å². The highest BCUT2D eigenvalue weighted by atomic mass is 32.2. The van der Waals surface area contributed by atoms with Crippen LogP contribution in [-0.2, 0) is 21.4 Å². The molecule has 0 radical (unpaired) electrons. The number of nitrogens with two attached hydrogens (primary N) is 1. The van der Waals surface area contributed by atoms with Gasteiger partial charge in [-0.1, -0.05) is 11.3 Å². The lowest BCUT2D eigenvalue weighted by Crippen LogP contribution is -2.66. The fourth-order valence-corrected chi connectivity index (χ4v) is 3.53. The molecule has 88 valence electrons. The van der Waals surface area contributed by atoms with Crippen molar-refractivity contribution >= 4 is 32.4 Å². The number of anilines is 1. The van der Waals surface area contributed by atoms with Gasteiger partial charge in [-0.25, -0.2) is 12.7 Å². The summed E-state index contributed by atoms with van der Waals surface area (Å²) in [6, 6.07) is 0. The van der Waals surface area contributed by atoms with Gasteiger partial charge in [0.05, 0.1) is 6.54 Å². The Morgan fingerprint density at radius 3 is 2.50 bits per heavy atom. The third kappa shape index (κ3) is 1.31. The van der Waals surface area contributed by atoms with Gasteiger partial charge < -0.3 is 5.73 Å². The van der Waals surface area contributed by atoms with Gasteiger partial charge in [-0.2, -0.15) is 0 Å². The first kappa shape index (κ1) is 11.3. The second-order valence-electron chi connectivity index (χ2n) is 3.86. The predicted molar refractivity (Wildman–Crippen MR) is 57.9 cm³/mol. The van der Waals surface area contributed by atoms with Gasteiger partial charge in [0.15, 0.2) is 4.75 Å². The summed E-state index contributed by atoms with van der Waals surface area (Å²) in [5.41, 5.74) is 5.36. The number of carbonyl (C=O) groups is 1. The number of carbonyl (C=O) groups excluding carboxylic acids is 1. The summed E-state index contributed by atoms with van der Waals surface area (Å²) in [4.78, 5) is 11.6. The molecule has 2 heterocycles. The first-order chi connectivity index (χ1) is 7.26. The lowest BCUT2D eigenvalue weighted by molar-refractivity contribution is -0.132. The fraction of sp³-hybridized carbons (Fsp3) is 0.571. The van der Waals surface area contributed by atoms with E-state index >= 15 is 0 Å². The van der Waals surface area contributed by atoms with Crippen LogP contribution in [0.1, 0.15) is 18.9 Å². The van der Waals surface area contributed by atoms with Crippen molar-refractivity contribution in [2.24, 2.45) is 0 Å². The number of rotatable bonds is 2. The highest BCUT2D eigenvalue weighted by Crippen LogP contribution is 2.36. The molecule has 0 atom stereocenters. The molecule has 1 saturated heterocycles. The molecule has 1 fully saturated rings. The Labute approximate surface area is 96.3 Å². The minimum atomic E-state index is -3.56. The van der Waals surface area contributed by atoms with E-state index in [-0.39, 0.29) is 11.7 Å². The van der Waals surface area contributed by atoms with Crippen molar-refractivity contribution in [3.05, 3.63) is 5.01 Å². The zero-order chi connectivity index (χ0) is 12.1. The van der Waals surface area contributed by atoms with Gasteiger partial charge in [0, 0.05) is 0 Å². The molecule has 7 nitrogen and oxygen atoms in total. The average Bonchev–Trinajstić information content (AvgIpc) is 2.59. The molecule has 0 aliphatic carbocycles. The van der Waals surface area contributed by atoms with Gasteiger partial charge in [0.25, 0.3) is 15.9 Å². The summed E-state index contributed by atoms with van der Waals surface area (Å²) in [5, 5.41) is 7.88. The van der Waals surface area contributed by atoms with Gasteiger partial charge in [-0.05, 0) is 13.8 Å². The average molecular weight is 262 g/mol. The smallest absolute Gasteiger partial charge is 0.259 e. The first-order valence-corrected chi connectivity index (χ1v) is 6.67. The van der Waals surface area contributed by atoms with Crippen LogP contribution in [0, 0.1) is 0 Å². The predicted octanol–water partition coefficient (Wildman–Crippen LogP) is -0.429. The van der Waals surface area contributed by atoms with E-state index in [2.05, 4.69) is 10.2 Å². The van der Waals surface area contributed by atoms with Crippen LogP contribution in [0.2, 0.25) is 0 Å². The molecular weight excluding hydrogens is 252 g/mol. The van der Waals surface area contributed by atoms with E-state index < -0.39 is 20.7 Å². The van der Waals surface area contributed by atoms with E-state index in [0.29, 0.717) is 5.01 Å². The number of sulfonamides is 1. The molecule has 16 heavy (non-hydrogen) atoms. The van der Waals surface area contributed by atoms with Crippen molar-refractivity contribution in [2.75, 3.05) is 5.73 Å². The zero-order valence-corrected chi connectivity index (χ0v) is 10.3. The zero-order valence-electron chi connectivity index (χ0n) is 8.67. The van der Waals surface area contributed by atoms with Gasteiger partial charge >= 0.3 is 0 Å². The molecule has 1 aromatic heterocycles. The molecule has 9 heteroatoms. The normalized spacial score (nSPS) is 21.9. The topological polar surface area (TPSA) is 106 Å². The molecule has 2 rings (SSSR count). The highest BCUT2D eigenvalue weighted by Gasteiger charge is 2.60. The number of nitrogens with zero attached hydrogens (tertiary/aromatic N) is 3. The van der Waals surface area contributed by atoms with Crippen LogP contribution in [0.5, 0.6) is 0 Å². The summed E-state index contributed by atoms with van der Waals surface area (Å²) < 4.78 is 22.9. The van der Waals surface area contributed by atoms with E-state index in [0.717, 1.165) is 15.6 Å². The number of nitrogen functional groups attached to an aromatic ring is 1. The molecule has 0 aromatic carbocycles.